The smallest absolute Gasteiger partial charge is 0.213 e. The van der Waals surface area contributed by atoms with Crippen LogP contribution in [0, 0.1) is 0 Å². The predicted octanol–water partition coefficient (Wildman–Crippen LogP) is 5.90. The zero-order valence-electron chi connectivity index (χ0n) is 16.8. The Kier molecular flexibility index (Phi) is 5.53. The molecule has 0 fully saturated rings. The summed E-state index contributed by atoms with van der Waals surface area (Å²) in [5.74, 6) is -2.62. The van der Waals surface area contributed by atoms with Crippen molar-refractivity contribution in [2.24, 2.45) is 0 Å². The Labute approximate surface area is 175 Å². The van der Waals surface area contributed by atoms with Crippen molar-refractivity contribution < 1.29 is 14.4 Å². The molecule has 0 aliphatic rings. The molecule has 0 bridgehead atoms. The third kappa shape index (κ3) is 3.55. The number of hydrogen-bond donors (Lipinski definition) is 0. The van der Waals surface area contributed by atoms with E-state index < -0.39 is 17.5 Å². The third-order valence-corrected chi connectivity index (χ3v) is 5.47. The van der Waals surface area contributed by atoms with E-state index in [2.05, 4.69) is 0 Å². The highest BCUT2D eigenvalue weighted by molar-refractivity contribution is 6.45. The van der Waals surface area contributed by atoms with Crippen LogP contribution in [0.5, 0.6) is 0 Å². The number of ketones is 3. The number of carbonyl (C=O) groups is 3. The van der Waals surface area contributed by atoms with E-state index in [0.29, 0.717) is 17.5 Å². The molecule has 4 aromatic carbocycles. The van der Waals surface area contributed by atoms with Gasteiger partial charge in [-0.05, 0) is 33.5 Å². The second-order valence-corrected chi connectivity index (χ2v) is 7.43. The van der Waals surface area contributed by atoms with Crippen molar-refractivity contribution in [1.29, 1.82) is 0 Å². The molecule has 4 rings (SSSR count). The molecule has 148 valence electrons. The van der Waals surface area contributed by atoms with Crippen LogP contribution >= 0.6 is 0 Å². The van der Waals surface area contributed by atoms with Crippen LogP contribution in [-0.4, -0.2) is 17.3 Å². The maximum atomic E-state index is 13.8. The summed E-state index contributed by atoms with van der Waals surface area (Å²) >= 11 is 0. The summed E-state index contributed by atoms with van der Waals surface area (Å²) in [7, 11) is 0. The Hall–Kier alpha value is -3.59. The summed E-state index contributed by atoms with van der Waals surface area (Å²) < 4.78 is 0. The van der Waals surface area contributed by atoms with Crippen LogP contribution in [0.25, 0.3) is 21.5 Å². The van der Waals surface area contributed by atoms with Crippen LogP contribution in [0.15, 0.2) is 84.9 Å². The van der Waals surface area contributed by atoms with Gasteiger partial charge in [0, 0.05) is 12.0 Å². The van der Waals surface area contributed by atoms with Gasteiger partial charge in [0.15, 0.2) is 11.6 Å². The zero-order valence-corrected chi connectivity index (χ0v) is 16.8. The number of benzene rings is 4. The first kappa shape index (κ1) is 19.7. The van der Waals surface area contributed by atoms with Gasteiger partial charge in [0.25, 0.3) is 0 Å². The molecular formula is C27H22O3. The van der Waals surface area contributed by atoms with Gasteiger partial charge >= 0.3 is 0 Å². The van der Waals surface area contributed by atoms with E-state index in [4.69, 9.17) is 0 Å². The van der Waals surface area contributed by atoms with Crippen molar-refractivity contribution in [2.45, 2.75) is 25.7 Å². The highest BCUT2D eigenvalue weighted by Crippen LogP contribution is 2.32. The fraction of sp³-hybridized carbons (Fsp3) is 0.148. The average molecular weight is 394 g/mol. The highest BCUT2D eigenvalue weighted by atomic mass is 16.2. The molecule has 30 heavy (non-hydrogen) atoms. The van der Waals surface area contributed by atoms with Gasteiger partial charge in [-0.2, -0.15) is 0 Å². The number of hydrogen-bond acceptors (Lipinski definition) is 3. The van der Waals surface area contributed by atoms with E-state index in [9.17, 15) is 14.4 Å². The standard InChI is InChI=1S/C27H22O3/c1-2-9-24(28)27(30)25(22-16-7-12-18-10-3-5-14-20(18)22)26(29)23-17-8-13-19-11-4-6-15-21(19)23/h3-8,10-17,25H,2,9H2,1H3. The SMILES string of the molecule is CCCC(=O)C(=O)C(C(=O)c1cccc2ccccc12)c1cccc2ccccc12. The van der Waals surface area contributed by atoms with Gasteiger partial charge in [0.2, 0.25) is 5.78 Å². The summed E-state index contributed by atoms with van der Waals surface area (Å²) in [5, 5.41) is 3.45. The van der Waals surface area contributed by atoms with E-state index >= 15 is 0 Å². The quantitative estimate of drug-likeness (QED) is 0.223. The zero-order chi connectivity index (χ0) is 21.1. The highest BCUT2D eigenvalue weighted by Gasteiger charge is 2.34. The van der Waals surface area contributed by atoms with Gasteiger partial charge in [0.1, 0.15) is 5.92 Å². The number of fused-ring (bicyclic) bond motifs is 2. The molecule has 0 aliphatic heterocycles. The molecular weight excluding hydrogens is 372 g/mol. The van der Waals surface area contributed by atoms with Gasteiger partial charge in [-0.25, -0.2) is 0 Å². The van der Waals surface area contributed by atoms with E-state index in [1.165, 1.54) is 0 Å². The van der Waals surface area contributed by atoms with E-state index in [-0.39, 0.29) is 12.2 Å². The molecule has 1 atom stereocenters. The molecule has 0 heterocycles. The third-order valence-electron chi connectivity index (χ3n) is 5.47. The van der Waals surface area contributed by atoms with Crippen molar-refractivity contribution in [3.8, 4) is 0 Å². The Morgan fingerprint density at radius 1 is 0.700 bits per heavy atom. The first-order valence-electron chi connectivity index (χ1n) is 10.2. The van der Waals surface area contributed by atoms with Crippen molar-refractivity contribution in [1.82, 2.24) is 0 Å². The van der Waals surface area contributed by atoms with Crippen LogP contribution in [0.2, 0.25) is 0 Å². The van der Waals surface area contributed by atoms with Crippen molar-refractivity contribution >= 4 is 38.9 Å². The minimum absolute atomic E-state index is 0.142. The number of Topliss-reactive ketones (excluding diaryl/α,β-unsaturated/α-hetero) is 3. The molecule has 3 heteroatoms. The van der Waals surface area contributed by atoms with Crippen LogP contribution in [-0.2, 0) is 9.59 Å². The summed E-state index contributed by atoms with van der Waals surface area (Å²) in [4.78, 5) is 39.6. The first-order chi connectivity index (χ1) is 14.6. The van der Waals surface area contributed by atoms with Gasteiger partial charge in [-0.15, -0.1) is 0 Å². The lowest BCUT2D eigenvalue weighted by Crippen LogP contribution is -2.29. The number of carbonyl (C=O) groups excluding carboxylic acids is 3. The van der Waals surface area contributed by atoms with Crippen LogP contribution in [0.4, 0.5) is 0 Å². The molecule has 0 aromatic heterocycles. The largest absolute Gasteiger partial charge is 0.293 e. The average Bonchev–Trinajstić information content (AvgIpc) is 2.79. The van der Waals surface area contributed by atoms with Crippen molar-refractivity contribution in [3.63, 3.8) is 0 Å². The van der Waals surface area contributed by atoms with E-state index in [0.717, 1.165) is 21.5 Å². The molecule has 0 saturated heterocycles. The van der Waals surface area contributed by atoms with Crippen LogP contribution in [0.1, 0.15) is 41.6 Å². The molecule has 0 amide bonds. The first-order valence-corrected chi connectivity index (χ1v) is 10.2. The lowest BCUT2D eigenvalue weighted by atomic mass is 9.81. The molecule has 1 unspecified atom stereocenters. The molecule has 0 aliphatic carbocycles. The molecule has 0 spiro atoms. The van der Waals surface area contributed by atoms with Crippen LogP contribution < -0.4 is 0 Å². The minimum atomic E-state index is -1.15. The molecule has 0 saturated carbocycles. The molecule has 4 aromatic rings. The Balaban J connectivity index is 1.92. The van der Waals surface area contributed by atoms with Crippen molar-refractivity contribution in [3.05, 3.63) is 96.1 Å². The van der Waals surface area contributed by atoms with E-state index in [1.54, 1.807) is 12.1 Å². The maximum absolute atomic E-state index is 13.8. The van der Waals surface area contributed by atoms with Gasteiger partial charge in [0.05, 0.1) is 0 Å². The topological polar surface area (TPSA) is 51.2 Å². The normalized spacial score (nSPS) is 12.0. The minimum Gasteiger partial charge on any atom is -0.293 e. The van der Waals surface area contributed by atoms with Gasteiger partial charge in [-0.3, -0.25) is 14.4 Å². The summed E-state index contributed by atoms with van der Waals surface area (Å²) in [6, 6.07) is 26.3. The summed E-state index contributed by atoms with van der Waals surface area (Å²) in [6.45, 7) is 1.85. The monoisotopic (exact) mass is 394 g/mol. The Morgan fingerprint density at radius 3 is 1.97 bits per heavy atom. The summed E-state index contributed by atoms with van der Waals surface area (Å²) in [5.41, 5.74) is 1.05. The summed E-state index contributed by atoms with van der Waals surface area (Å²) in [6.07, 6.45) is 0.707. The fourth-order valence-electron chi connectivity index (χ4n) is 4.01. The Bertz CT molecular complexity index is 1260. The fourth-order valence-corrected chi connectivity index (χ4v) is 4.01. The predicted molar refractivity (Wildman–Crippen MR) is 120 cm³/mol. The van der Waals surface area contributed by atoms with E-state index in [1.807, 2.05) is 79.7 Å². The maximum Gasteiger partial charge on any atom is 0.213 e. The van der Waals surface area contributed by atoms with Gasteiger partial charge < -0.3 is 0 Å². The van der Waals surface area contributed by atoms with Crippen molar-refractivity contribution in [2.75, 3.05) is 0 Å². The van der Waals surface area contributed by atoms with Gasteiger partial charge in [-0.1, -0.05) is 91.9 Å². The Morgan fingerprint density at radius 2 is 1.27 bits per heavy atom. The molecule has 3 nitrogen and oxygen atoms in total. The lowest BCUT2D eigenvalue weighted by Gasteiger charge is -2.18. The van der Waals surface area contributed by atoms with Crippen LogP contribution in [0.3, 0.4) is 0 Å². The molecule has 0 N–H and O–H groups in total. The number of rotatable bonds is 7. The molecule has 0 radical (unpaired) electrons. The second kappa shape index (κ2) is 8.42. The second-order valence-electron chi connectivity index (χ2n) is 7.43. The lowest BCUT2D eigenvalue weighted by molar-refractivity contribution is -0.136.